The molecule has 120 valence electrons. The predicted octanol–water partition coefficient (Wildman–Crippen LogP) is 1.88. The maximum Gasteiger partial charge on any atom is 0.243 e. The number of nitrogens with one attached hydrogen (secondary N) is 1. The van der Waals surface area contributed by atoms with Gasteiger partial charge in [-0.2, -0.15) is 4.31 Å². The number of nitrogens with zero attached hydrogens (tertiary/aromatic N) is 1. The number of rotatable bonds is 8. The molecule has 0 aliphatic heterocycles. The van der Waals surface area contributed by atoms with Gasteiger partial charge < -0.3 is 10.1 Å². The minimum atomic E-state index is -3.49. The normalized spacial score (nSPS) is 12.1. The average molecular weight is 314 g/mol. The monoisotopic (exact) mass is 314 g/mol. The highest BCUT2D eigenvalue weighted by Crippen LogP contribution is 2.26. The van der Waals surface area contributed by atoms with E-state index in [1.165, 1.54) is 4.31 Å². The standard InChI is InChI=1S/C15H26N2O3S/c1-6-17(12(2)3)21(18,19)15-8-7-14(20-5)11-13(15)9-10-16-4/h7-8,11-12,16H,6,9-10H2,1-5H3. The Morgan fingerprint density at radius 2 is 2.00 bits per heavy atom. The quantitative estimate of drug-likeness (QED) is 0.796. The maximum atomic E-state index is 12.9. The number of sulfonamides is 1. The molecule has 1 N–H and O–H groups in total. The average Bonchev–Trinajstić information content (AvgIpc) is 2.44. The van der Waals surface area contributed by atoms with E-state index in [0.29, 0.717) is 30.2 Å². The van der Waals surface area contributed by atoms with Gasteiger partial charge in [0, 0.05) is 12.6 Å². The Bertz CT molecular complexity index is 556. The molecule has 21 heavy (non-hydrogen) atoms. The lowest BCUT2D eigenvalue weighted by Gasteiger charge is -2.25. The van der Waals surface area contributed by atoms with Crippen LogP contribution in [0.25, 0.3) is 0 Å². The van der Waals surface area contributed by atoms with Crippen molar-refractivity contribution < 1.29 is 13.2 Å². The molecular weight excluding hydrogens is 288 g/mol. The molecular formula is C15H26N2O3S. The number of benzene rings is 1. The molecule has 6 heteroatoms. The van der Waals surface area contributed by atoms with E-state index in [4.69, 9.17) is 4.74 Å². The number of methoxy groups -OCH3 is 1. The van der Waals surface area contributed by atoms with Gasteiger partial charge in [0.1, 0.15) is 5.75 Å². The third-order valence-electron chi connectivity index (χ3n) is 3.39. The first kappa shape index (κ1) is 17.9. The van der Waals surface area contributed by atoms with Crippen LogP contribution < -0.4 is 10.1 Å². The number of likely N-dealkylation sites (N-methyl/N-ethyl adjacent to an activating group) is 1. The summed E-state index contributed by atoms with van der Waals surface area (Å²) in [5, 5.41) is 3.05. The van der Waals surface area contributed by atoms with Crippen LogP contribution in [0, 0.1) is 0 Å². The lowest BCUT2D eigenvalue weighted by molar-refractivity contribution is 0.368. The van der Waals surface area contributed by atoms with Crippen LogP contribution in [0.4, 0.5) is 0 Å². The van der Waals surface area contributed by atoms with Crippen molar-refractivity contribution in [2.24, 2.45) is 0 Å². The van der Waals surface area contributed by atoms with Crippen molar-refractivity contribution >= 4 is 10.0 Å². The second-order valence-electron chi connectivity index (χ2n) is 5.13. The molecule has 0 heterocycles. The van der Waals surface area contributed by atoms with E-state index in [-0.39, 0.29) is 6.04 Å². The number of hydrogen-bond donors (Lipinski definition) is 1. The topological polar surface area (TPSA) is 58.6 Å². The lowest BCUT2D eigenvalue weighted by atomic mass is 10.1. The van der Waals surface area contributed by atoms with E-state index >= 15 is 0 Å². The first-order valence-corrected chi connectivity index (χ1v) is 8.65. The van der Waals surface area contributed by atoms with Gasteiger partial charge >= 0.3 is 0 Å². The summed E-state index contributed by atoms with van der Waals surface area (Å²) in [7, 11) is -0.0572. The van der Waals surface area contributed by atoms with Crippen molar-refractivity contribution in [1.29, 1.82) is 0 Å². The van der Waals surface area contributed by atoms with Gasteiger partial charge in [-0.3, -0.25) is 0 Å². The van der Waals surface area contributed by atoms with Crippen LogP contribution in [0.5, 0.6) is 5.75 Å². The van der Waals surface area contributed by atoms with Gasteiger partial charge in [-0.25, -0.2) is 8.42 Å². The highest BCUT2D eigenvalue weighted by Gasteiger charge is 2.27. The zero-order chi connectivity index (χ0) is 16.0. The number of hydrogen-bond acceptors (Lipinski definition) is 4. The van der Waals surface area contributed by atoms with Gasteiger partial charge in [0.25, 0.3) is 0 Å². The Hall–Kier alpha value is -1.11. The Labute approximate surface area is 128 Å². The van der Waals surface area contributed by atoms with Crippen molar-refractivity contribution in [2.75, 3.05) is 27.2 Å². The molecule has 0 fully saturated rings. The van der Waals surface area contributed by atoms with E-state index in [2.05, 4.69) is 5.32 Å². The molecule has 1 rings (SSSR count). The summed E-state index contributed by atoms with van der Waals surface area (Å²) in [6.45, 7) is 6.80. The molecule has 0 aliphatic carbocycles. The van der Waals surface area contributed by atoms with E-state index < -0.39 is 10.0 Å². The van der Waals surface area contributed by atoms with Gasteiger partial charge in [-0.15, -0.1) is 0 Å². The van der Waals surface area contributed by atoms with Crippen LogP contribution in [-0.2, 0) is 16.4 Å². The molecule has 0 aromatic heterocycles. The Morgan fingerprint density at radius 3 is 2.48 bits per heavy atom. The second kappa shape index (κ2) is 7.77. The Balaban J connectivity index is 3.32. The smallest absolute Gasteiger partial charge is 0.243 e. The van der Waals surface area contributed by atoms with Crippen molar-refractivity contribution in [3.8, 4) is 5.75 Å². The molecule has 0 aliphatic rings. The fourth-order valence-electron chi connectivity index (χ4n) is 2.33. The molecule has 0 atom stereocenters. The third-order valence-corrected chi connectivity index (χ3v) is 5.64. The Morgan fingerprint density at radius 1 is 1.33 bits per heavy atom. The zero-order valence-corrected chi connectivity index (χ0v) is 14.3. The van der Waals surface area contributed by atoms with Crippen molar-refractivity contribution in [1.82, 2.24) is 9.62 Å². The minimum absolute atomic E-state index is 0.0701. The molecule has 5 nitrogen and oxygen atoms in total. The van der Waals surface area contributed by atoms with Crippen molar-refractivity contribution in [3.05, 3.63) is 23.8 Å². The molecule has 0 bridgehead atoms. The minimum Gasteiger partial charge on any atom is -0.497 e. The largest absolute Gasteiger partial charge is 0.497 e. The highest BCUT2D eigenvalue weighted by atomic mass is 32.2. The van der Waals surface area contributed by atoms with Crippen LogP contribution >= 0.6 is 0 Å². The molecule has 0 amide bonds. The summed E-state index contributed by atoms with van der Waals surface area (Å²) in [4.78, 5) is 0.370. The van der Waals surface area contributed by atoms with Crippen LogP contribution in [0.2, 0.25) is 0 Å². The first-order valence-electron chi connectivity index (χ1n) is 7.21. The van der Waals surface area contributed by atoms with E-state index in [1.54, 1.807) is 25.3 Å². The van der Waals surface area contributed by atoms with E-state index in [9.17, 15) is 8.42 Å². The molecule has 0 saturated carbocycles. The molecule has 1 aromatic rings. The molecule has 0 unspecified atom stereocenters. The molecule has 0 spiro atoms. The van der Waals surface area contributed by atoms with E-state index in [1.807, 2.05) is 27.8 Å². The van der Waals surface area contributed by atoms with Gasteiger partial charge in [0.2, 0.25) is 10.0 Å². The maximum absolute atomic E-state index is 12.9. The zero-order valence-electron chi connectivity index (χ0n) is 13.5. The summed E-state index contributed by atoms with van der Waals surface area (Å²) in [5.74, 6) is 0.674. The van der Waals surface area contributed by atoms with Crippen LogP contribution in [0.15, 0.2) is 23.1 Å². The van der Waals surface area contributed by atoms with Gasteiger partial charge in [-0.05, 0) is 57.6 Å². The lowest BCUT2D eigenvalue weighted by Crippen LogP contribution is -2.37. The fourth-order valence-corrected chi connectivity index (χ4v) is 4.21. The second-order valence-corrected chi connectivity index (χ2v) is 6.99. The third kappa shape index (κ3) is 4.18. The summed E-state index contributed by atoms with van der Waals surface area (Å²) >= 11 is 0. The van der Waals surface area contributed by atoms with Gasteiger partial charge in [0.15, 0.2) is 0 Å². The summed E-state index contributed by atoms with van der Waals surface area (Å²) in [6, 6.07) is 5.08. The van der Waals surface area contributed by atoms with Crippen LogP contribution in [-0.4, -0.2) is 46.0 Å². The SMILES string of the molecule is CCN(C(C)C)S(=O)(=O)c1ccc(OC)cc1CCNC. The van der Waals surface area contributed by atoms with Gasteiger partial charge in [0.05, 0.1) is 12.0 Å². The van der Waals surface area contributed by atoms with Crippen LogP contribution in [0.1, 0.15) is 26.3 Å². The Kier molecular flexibility index (Phi) is 6.64. The van der Waals surface area contributed by atoms with E-state index in [0.717, 1.165) is 5.56 Å². The summed E-state index contributed by atoms with van der Waals surface area (Å²) < 4.78 is 32.4. The fraction of sp³-hybridized carbons (Fsp3) is 0.600. The molecule has 1 aromatic carbocycles. The first-order chi connectivity index (χ1) is 9.88. The highest BCUT2D eigenvalue weighted by molar-refractivity contribution is 7.89. The van der Waals surface area contributed by atoms with Crippen molar-refractivity contribution in [2.45, 2.75) is 38.1 Å². The van der Waals surface area contributed by atoms with Crippen LogP contribution in [0.3, 0.4) is 0 Å². The predicted molar refractivity (Wildman–Crippen MR) is 85.3 cm³/mol. The number of ether oxygens (including phenoxy) is 1. The summed E-state index contributed by atoms with van der Waals surface area (Å²) in [6.07, 6.45) is 0.637. The summed E-state index contributed by atoms with van der Waals surface area (Å²) in [5.41, 5.74) is 0.780. The van der Waals surface area contributed by atoms with Crippen molar-refractivity contribution in [3.63, 3.8) is 0 Å². The molecule has 0 radical (unpaired) electrons. The van der Waals surface area contributed by atoms with Gasteiger partial charge in [-0.1, -0.05) is 6.92 Å². The molecule has 0 saturated heterocycles.